The zero-order valence-electron chi connectivity index (χ0n) is 42.4. The fourth-order valence-corrected chi connectivity index (χ4v) is 8.20. The first-order chi connectivity index (χ1) is 31.0. The molecule has 0 radical (unpaired) electrons. The van der Waals surface area contributed by atoms with Gasteiger partial charge in [0.05, 0.1) is 0 Å². The zero-order chi connectivity index (χ0) is 45.8. The van der Waals surface area contributed by atoms with Gasteiger partial charge in [0.1, 0.15) is 13.2 Å². The summed E-state index contributed by atoms with van der Waals surface area (Å²) in [4.78, 5) is 38.1. The fourth-order valence-electron chi connectivity index (χ4n) is 8.20. The number of carbonyl (C=O) groups is 3. The van der Waals surface area contributed by atoms with E-state index in [1.54, 1.807) is 0 Å². The van der Waals surface area contributed by atoms with Gasteiger partial charge in [-0.15, -0.1) is 0 Å². The quantitative estimate of drug-likeness (QED) is 0.0262. The highest BCUT2D eigenvalue weighted by Crippen LogP contribution is 2.16. The minimum atomic E-state index is -0.773. The summed E-state index contributed by atoms with van der Waals surface area (Å²) < 4.78 is 16.8. The third-order valence-electron chi connectivity index (χ3n) is 12.4. The van der Waals surface area contributed by atoms with Gasteiger partial charge in [0, 0.05) is 19.3 Å². The Bertz CT molecular complexity index is 1020. The van der Waals surface area contributed by atoms with Gasteiger partial charge < -0.3 is 14.2 Å². The number of hydrogen-bond acceptors (Lipinski definition) is 6. The number of rotatable bonds is 51. The van der Waals surface area contributed by atoms with Crippen molar-refractivity contribution in [2.45, 2.75) is 309 Å². The van der Waals surface area contributed by atoms with Crippen molar-refractivity contribution < 1.29 is 28.6 Å². The number of unbranched alkanes of at least 4 members (excludes halogenated alkanes) is 36. The molecule has 0 N–H and O–H groups in total. The molecule has 6 heteroatoms. The normalized spacial score (nSPS) is 12.1. The Balaban J connectivity index is 4.35. The predicted molar refractivity (Wildman–Crippen MR) is 270 cm³/mol. The van der Waals surface area contributed by atoms with Crippen molar-refractivity contribution >= 4 is 17.9 Å². The smallest absolute Gasteiger partial charge is 0.306 e. The third-order valence-corrected chi connectivity index (χ3v) is 12.4. The molecule has 0 bridgehead atoms. The van der Waals surface area contributed by atoms with Crippen molar-refractivity contribution in [1.29, 1.82) is 0 Å². The Morgan fingerprint density at radius 1 is 0.302 bits per heavy atom. The van der Waals surface area contributed by atoms with E-state index in [1.807, 2.05) is 0 Å². The van der Waals surface area contributed by atoms with Gasteiger partial charge in [-0.25, -0.2) is 0 Å². The van der Waals surface area contributed by atoms with Crippen LogP contribution in [0.3, 0.4) is 0 Å². The molecule has 0 aliphatic carbocycles. The van der Waals surface area contributed by atoms with Gasteiger partial charge in [-0.1, -0.05) is 238 Å². The highest BCUT2D eigenvalue weighted by atomic mass is 16.6. The van der Waals surface area contributed by atoms with Gasteiger partial charge in [0.2, 0.25) is 0 Å². The molecule has 0 spiro atoms. The third kappa shape index (κ3) is 50.7. The van der Waals surface area contributed by atoms with Crippen LogP contribution in [0.25, 0.3) is 0 Å². The fraction of sp³-hybridized carbons (Fsp3) is 0.877. The van der Waals surface area contributed by atoms with Crippen molar-refractivity contribution in [3.63, 3.8) is 0 Å². The van der Waals surface area contributed by atoms with E-state index in [4.69, 9.17) is 14.2 Å². The molecule has 0 aromatic carbocycles. The summed E-state index contributed by atoms with van der Waals surface area (Å²) in [5.74, 6) is -0.868. The average molecular weight is 887 g/mol. The van der Waals surface area contributed by atoms with E-state index >= 15 is 0 Å². The molecule has 0 amide bonds. The standard InChI is InChI=1S/C57H106O6/c1-4-7-10-13-16-19-22-25-28-31-34-37-40-43-46-49-55(58)61-52-54(63-57(60)51-48-45-42-39-36-33-30-27-24-21-18-15-12-9-6-3)53-62-56(59)50-47-44-41-38-35-32-29-26-23-20-17-14-11-8-5-2/h19,22,27,30,54H,4-18,20-21,23-26,28-29,31-53H2,1-3H3. The maximum absolute atomic E-state index is 12.8. The number of ether oxygens (including phenoxy) is 3. The van der Waals surface area contributed by atoms with Crippen molar-refractivity contribution in [1.82, 2.24) is 0 Å². The van der Waals surface area contributed by atoms with Crippen molar-refractivity contribution in [2.75, 3.05) is 13.2 Å². The first kappa shape index (κ1) is 60.9. The second-order valence-electron chi connectivity index (χ2n) is 18.8. The van der Waals surface area contributed by atoms with Crippen LogP contribution < -0.4 is 0 Å². The lowest BCUT2D eigenvalue weighted by atomic mass is 10.0. The van der Waals surface area contributed by atoms with E-state index in [9.17, 15) is 14.4 Å². The number of esters is 3. The topological polar surface area (TPSA) is 78.9 Å². The molecule has 0 saturated heterocycles. The second-order valence-corrected chi connectivity index (χ2v) is 18.8. The van der Waals surface area contributed by atoms with Crippen molar-refractivity contribution in [2.24, 2.45) is 0 Å². The maximum atomic E-state index is 12.8. The molecule has 0 heterocycles. The molecular formula is C57H106O6. The van der Waals surface area contributed by atoms with Crippen LogP contribution in [0.2, 0.25) is 0 Å². The van der Waals surface area contributed by atoms with Crippen molar-refractivity contribution in [3.8, 4) is 0 Å². The molecule has 0 aromatic heterocycles. The molecule has 63 heavy (non-hydrogen) atoms. The highest BCUT2D eigenvalue weighted by Gasteiger charge is 2.19. The van der Waals surface area contributed by atoms with E-state index in [1.165, 1.54) is 199 Å². The van der Waals surface area contributed by atoms with Crippen LogP contribution in [0.1, 0.15) is 303 Å². The van der Waals surface area contributed by atoms with E-state index in [-0.39, 0.29) is 31.1 Å². The van der Waals surface area contributed by atoms with Crippen LogP contribution >= 0.6 is 0 Å². The van der Waals surface area contributed by atoms with Gasteiger partial charge in [-0.2, -0.15) is 0 Å². The average Bonchev–Trinajstić information content (AvgIpc) is 3.28. The van der Waals surface area contributed by atoms with Gasteiger partial charge in [0.25, 0.3) is 0 Å². The zero-order valence-corrected chi connectivity index (χ0v) is 42.4. The number of allylic oxidation sites excluding steroid dienone is 4. The van der Waals surface area contributed by atoms with Gasteiger partial charge in [0.15, 0.2) is 6.10 Å². The summed E-state index contributed by atoms with van der Waals surface area (Å²) in [6.07, 6.45) is 60.1. The summed E-state index contributed by atoms with van der Waals surface area (Å²) in [6, 6.07) is 0. The first-order valence-electron chi connectivity index (χ1n) is 27.8. The minimum Gasteiger partial charge on any atom is -0.462 e. The Hall–Kier alpha value is -2.11. The summed E-state index contributed by atoms with van der Waals surface area (Å²) in [5, 5.41) is 0. The monoisotopic (exact) mass is 887 g/mol. The summed E-state index contributed by atoms with van der Waals surface area (Å²) in [6.45, 7) is 6.65. The highest BCUT2D eigenvalue weighted by molar-refractivity contribution is 5.71. The lowest BCUT2D eigenvalue weighted by molar-refractivity contribution is -0.167. The molecular weight excluding hydrogens is 781 g/mol. The lowest BCUT2D eigenvalue weighted by Gasteiger charge is -2.18. The molecule has 0 rings (SSSR count). The SMILES string of the molecule is CCCCCCC=CCCCCCCCCCC(=O)OCC(COC(=O)CCCCCCCCCCCCCCCCC)OC(=O)CCCCCCCC=CCCCCCCCC. The largest absolute Gasteiger partial charge is 0.462 e. The van der Waals surface area contributed by atoms with E-state index in [0.29, 0.717) is 19.3 Å². The Labute approximate surface area is 392 Å². The Morgan fingerprint density at radius 2 is 0.524 bits per heavy atom. The maximum Gasteiger partial charge on any atom is 0.306 e. The molecule has 1 unspecified atom stereocenters. The Morgan fingerprint density at radius 3 is 0.810 bits per heavy atom. The summed E-state index contributed by atoms with van der Waals surface area (Å²) in [5.41, 5.74) is 0. The van der Waals surface area contributed by atoms with E-state index < -0.39 is 6.10 Å². The van der Waals surface area contributed by atoms with E-state index in [0.717, 1.165) is 64.2 Å². The van der Waals surface area contributed by atoms with Gasteiger partial charge >= 0.3 is 17.9 Å². The number of carbonyl (C=O) groups excluding carboxylic acids is 3. The van der Waals surface area contributed by atoms with Crippen LogP contribution in [-0.2, 0) is 28.6 Å². The van der Waals surface area contributed by atoms with Crippen molar-refractivity contribution in [3.05, 3.63) is 24.3 Å². The predicted octanol–water partition coefficient (Wildman–Crippen LogP) is 18.3. The van der Waals surface area contributed by atoms with Crippen LogP contribution in [-0.4, -0.2) is 37.2 Å². The molecule has 6 nitrogen and oxygen atoms in total. The van der Waals surface area contributed by atoms with Crippen LogP contribution in [0, 0.1) is 0 Å². The van der Waals surface area contributed by atoms with E-state index in [2.05, 4.69) is 45.1 Å². The van der Waals surface area contributed by atoms with Crippen LogP contribution in [0.15, 0.2) is 24.3 Å². The molecule has 0 fully saturated rings. The molecule has 1 atom stereocenters. The van der Waals surface area contributed by atoms with Crippen LogP contribution in [0.4, 0.5) is 0 Å². The van der Waals surface area contributed by atoms with Gasteiger partial charge in [-0.05, 0) is 70.6 Å². The lowest BCUT2D eigenvalue weighted by Crippen LogP contribution is -2.30. The number of hydrogen-bond donors (Lipinski definition) is 0. The first-order valence-corrected chi connectivity index (χ1v) is 27.8. The van der Waals surface area contributed by atoms with Gasteiger partial charge in [-0.3, -0.25) is 14.4 Å². The summed E-state index contributed by atoms with van der Waals surface area (Å²) >= 11 is 0. The molecule has 0 aliphatic heterocycles. The van der Waals surface area contributed by atoms with Crippen LogP contribution in [0.5, 0.6) is 0 Å². The Kier molecular flexibility index (Phi) is 50.8. The second kappa shape index (κ2) is 52.5. The molecule has 0 aliphatic rings. The molecule has 0 saturated carbocycles. The minimum absolute atomic E-state index is 0.0717. The molecule has 0 aromatic rings. The molecule has 370 valence electrons. The summed E-state index contributed by atoms with van der Waals surface area (Å²) in [7, 11) is 0.